The van der Waals surface area contributed by atoms with Gasteiger partial charge >= 0.3 is 6.18 Å². The molecule has 1 heterocycles. The Kier molecular flexibility index (Phi) is 7.52. The molecule has 43 heavy (non-hydrogen) atoms. The minimum absolute atomic E-state index is 0.178. The molecule has 8 heteroatoms. The number of benzene rings is 4. The molecule has 5 nitrogen and oxygen atoms in total. The number of unbranched alkanes of at least 4 members (excludes halogenated alkanes) is 1. The number of alkyl halides is 3. The van der Waals surface area contributed by atoms with E-state index in [1.165, 1.54) is 0 Å². The van der Waals surface area contributed by atoms with Gasteiger partial charge in [-0.2, -0.15) is 13.2 Å². The van der Waals surface area contributed by atoms with Crippen molar-refractivity contribution in [3.63, 3.8) is 0 Å². The molecule has 0 spiro atoms. The van der Waals surface area contributed by atoms with Crippen molar-refractivity contribution in [2.24, 2.45) is 0 Å². The lowest BCUT2D eigenvalue weighted by molar-refractivity contribution is -0.141. The van der Waals surface area contributed by atoms with E-state index in [-0.39, 0.29) is 5.91 Å². The number of nitrogens with zero attached hydrogens (tertiary/aromatic N) is 1. The number of halogens is 3. The third kappa shape index (κ3) is 5.52. The molecule has 0 saturated heterocycles. The summed E-state index contributed by atoms with van der Waals surface area (Å²) in [7, 11) is 0. The van der Waals surface area contributed by atoms with E-state index in [1.54, 1.807) is 12.1 Å². The largest absolute Gasteiger partial charge is 0.405 e. The van der Waals surface area contributed by atoms with Crippen LogP contribution in [0.3, 0.4) is 0 Å². The molecule has 0 saturated carbocycles. The van der Waals surface area contributed by atoms with E-state index in [4.69, 9.17) is 0 Å². The molecule has 0 radical (unpaired) electrons. The molecule has 1 aliphatic rings. The number of rotatable bonds is 9. The van der Waals surface area contributed by atoms with Crippen LogP contribution in [0.15, 0.2) is 109 Å². The highest BCUT2D eigenvalue weighted by Gasteiger charge is 2.49. The standard InChI is InChI=1S/C35H30F3N3O2/c36-35(37,38)23-39-33(43)34(29-14-6-4-12-27(29)28-13-5-7-15-30(28)34)19-8-9-20-41-21-18-25-22-26(16-17-31(25)41)40-32(42)24-10-2-1-3-11-24/h1-7,10-18,21-22H,8-9,19-20,23H2,(H,39,43)(H,40,42). The Hall–Kier alpha value is -4.85. The summed E-state index contributed by atoms with van der Waals surface area (Å²) in [5.41, 5.74) is 4.33. The van der Waals surface area contributed by atoms with Gasteiger partial charge in [-0.3, -0.25) is 9.59 Å². The van der Waals surface area contributed by atoms with Crippen molar-refractivity contribution in [2.75, 3.05) is 11.9 Å². The molecule has 0 fully saturated rings. The first-order valence-corrected chi connectivity index (χ1v) is 14.3. The first-order chi connectivity index (χ1) is 20.8. The van der Waals surface area contributed by atoms with E-state index >= 15 is 0 Å². The second-order valence-electron chi connectivity index (χ2n) is 10.9. The Balaban J connectivity index is 1.19. The second kappa shape index (κ2) is 11.4. The maximum atomic E-state index is 13.7. The summed E-state index contributed by atoms with van der Waals surface area (Å²) in [6, 6.07) is 31.8. The van der Waals surface area contributed by atoms with Crippen LogP contribution in [0.25, 0.3) is 22.0 Å². The second-order valence-corrected chi connectivity index (χ2v) is 10.9. The van der Waals surface area contributed by atoms with E-state index < -0.39 is 24.0 Å². The van der Waals surface area contributed by atoms with Crippen LogP contribution < -0.4 is 10.6 Å². The van der Waals surface area contributed by atoms with Gasteiger partial charge < -0.3 is 15.2 Å². The smallest absolute Gasteiger partial charge is 0.347 e. The number of aromatic nitrogens is 1. The molecule has 2 N–H and O–H groups in total. The summed E-state index contributed by atoms with van der Waals surface area (Å²) in [5, 5.41) is 6.11. The Morgan fingerprint density at radius 2 is 1.42 bits per heavy atom. The topological polar surface area (TPSA) is 63.1 Å². The van der Waals surface area contributed by atoms with Crippen molar-refractivity contribution in [3.8, 4) is 11.1 Å². The van der Waals surface area contributed by atoms with Crippen LogP contribution in [-0.4, -0.2) is 29.1 Å². The Labute approximate surface area is 247 Å². The number of amides is 2. The van der Waals surface area contributed by atoms with Gasteiger partial charge in [-0.25, -0.2) is 0 Å². The van der Waals surface area contributed by atoms with Crippen LogP contribution in [0.2, 0.25) is 0 Å². The van der Waals surface area contributed by atoms with Gasteiger partial charge in [-0.1, -0.05) is 66.7 Å². The fourth-order valence-corrected chi connectivity index (χ4v) is 6.22. The fourth-order valence-electron chi connectivity index (χ4n) is 6.22. The lowest BCUT2D eigenvalue weighted by Crippen LogP contribution is -2.47. The van der Waals surface area contributed by atoms with E-state index in [2.05, 4.69) is 15.2 Å². The number of anilines is 1. The summed E-state index contributed by atoms with van der Waals surface area (Å²) in [5.74, 6) is -0.804. The predicted molar refractivity (Wildman–Crippen MR) is 162 cm³/mol. The van der Waals surface area contributed by atoms with E-state index in [1.807, 2.05) is 97.2 Å². The Morgan fingerprint density at radius 1 is 0.767 bits per heavy atom. The molecule has 0 unspecified atom stereocenters. The Morgan fingerprint density at radius 3 is 2.09 bits per heavy atom. The molecule has 1 aliphatic carbocycles. The minimum Gasteiger partial charge on any atom is -0.347 e. The zero-order chi connectivity index (χ0) is 30.0. The van der Waals surface area contributed by atoms with Gasteiger partial charge in [0.25, 0.3) is 5.91 Å². The van der Waals surface area contributed by atoms with Crippen LogP contribution in [-0.2, 0) is 16.8 Å². The van der Waals surface area contributed by atoms with Gasteiger partial charge in [-0.05, 0) is 77.9 Å². The molecule has 0 aliphatic heterocycles. The highest BCUT2D eigenvalue weighted by Crippen LogP contribution is 2.51. The van der Waals surface area contributed by atoms with Gasteiger partial charge in [0, 0.05) is 34.9 Å². The predicted octanol–water partition coefficient (Wildman–Crippen LogP) is 7.71. The summed E-state index contributed by atoms with van der Waals surface area (Å²) >= 11 is 0. The van der Waals surface area contributed by atoms with Crippen molar-refractivity contribution >= 4 is 28.4 Å². The number of carbonyl (C=O) groups is 2. The molecule has 218 valence electrons. The number of carbonyl (C=O) groups excluding carboxylic acids is 2. The van der Waals surface area contributed by atoms with E-state index in [0.717, 1.165) is 39.6 Å². The van der Waals surface area contributed by atoms with Crippen LogP contribution in [0.1, 0.15) is 40.7 Å². The molecule has 5 aromatic rings. The molecule has 2 amide bonds. The maximum Gasteiger partial charge on any atom is 0.405 e. The van der Waals surface area contributed by atoms with Crippen molar-refractivity contribution in [1.82, 2.24) is 9.88 Å². The summed E-state index contributed by atoms with van der Waals surface area (Å²) in [6.07, 6.45) is -0.810. The van der Waals surface area contributed by atoms with Crippen molar-refractivity contribution in [1.29, 1.82) is 0 Å². The molecular formula is C35H30F3N3O2. The summed E-state index contributed by atoms with van der Waals surface area (Å²) in [4.78, 5) is 26.2. The normalized spacial score (nSPS) is 13.4. The van der Waals surface area contributed by atoms with Crippen LogP contribution in [0.4, 0.5) is 18.9 Å². The quantitative estimate of drug-likeness (QED) is 0.175. The lowest BCUT2D eigenvalue weighted by atomic mass is 9.73. The molecule has 4 aromatic carbocycles. The third-order valence-electron chi connectivity index (χ3n) is 8.17. The van der Waals surface area contributed by atoms with Crippen molar-refractivity contribution in [3.05, 3.63) is 126 Å². The van der Waals surface area contributed by atoms with Gasteiger partial charge in [0.2, 0.25) is 5.91 Å². The van der Waals surface area contributed by atoms with Gasteiger partial charge in [0.1, 0.15) is 12.0 Å². The average molecular weight is 582 g/mol. The van der Waals surface area contributed by atoms with Gasteiger partial charge in [-0.15, -0.1) is 0 Å². The van der Waals surface area contributed by atoms with Gasteiger partial charge in [0.15, 0.2) is 0 Å². The maximum absolute atomic E-state index is 13.7. The SMILES string of the molecule is O=C(Nc1ccc2c(ccn2CCCCC2(C(=O)NCC(F)(F)F)c3ccccc3-c3ccccc32)c1)c1ccccc1. The van der Waals surface area contributed by atoms with Crippen LogP contribution in [0, 0.1) is 0 Å². The average Bonchev–Trinajstić information content (AvgIpc) is 3.55. The van der Waals surface area contributed by atoms with Crippen molar-refractivity contribution < 1.29 is 22.8 Å². The first-order valence-electron chi connectivity index (χ1n) is 14.3. The number of fused-ring (bicyclic) bond motifs is 4. The highest BCUT2D eigenvalue weighted by molar-refractivity contribution is 6.05. The lowest BCUT2D eigenvalue weighted by Gasteiger charge is -2.31. The molecule has 0 atom stereocenters. The number of nitrogens with one attached hydrogen (secondary N) is 2. The zero-order valence-electron chi connectivity index (χ0n) is 23.3. The minimum atomic E-state index is -4.51. The number of hydrogen-bond acceptors (Lipinski definition) is 2. The number of aryl methyl sites for hydroxylation is 1. The molecule has 0 bridgehead atoms. The van der Waals surface area contributed by atoms with Crippen molar-refractivity contribution in [2.45, 2.75) is 37.4 Å². The Bertz CT molecular complexity index is 1750. The summed E-state index contributed by atoms with van der Waals surface area (Å²) in [6.45, 7) is -0.705. The van der Waals surface area contributed by atoms with Crippen LogP contribution >= 0.6 is 0 Å². The number of hydrogen-bond donors (Lipinski definition) is 2. The molecule has 1 aromatic heterocycles. The van der Waals surface area contributed by atoms with E-state index in [9.17, 15) is 22.8 Å². The third-order valence-corrected chi connectivity index (χ3v) is 8.17. The zero-order valence-corrected chi connectivity index (χ0v) is 23.3. The highest BCUT2D eigenvalue weighted by atomic mass is 19.4. The molecule has 6 rings (SSSR count). The first kappa shape index (κ1) is 28.3. The fraction of sp³-hybridized carbons (Fsp3) is 0.200. The van der Waals surface area contributed by atoms with E-state index in [0.29, 0.717) is 30.6 Å². The molecular weight excluding hydrogens is 551 g/mol. The van der Waals surface area contributed by atoms with Gasteiger partial charge in [0.05, 0.1) is 0 Å². The monoisotopic (exact) mass is 581 g/mol. The summed E-state index contributed by atoms with van der Waals surface area (Å²) < 4.78 is 41.5. The van der Waals surface area contributed by atoms with Crippen LogP contribution in [0.5, 0.6) is 0 Å².